The lowest BCUT2D eigenvalue weighted by Gasteiger charge is -2.20. The summed E-state index contributed by atoms with van der Waals surface area (Å²) in [6.45, 7) is 3.18. The number of pyridine rings is 1. The van der Waals surface area contributed by atoms with E-state index in [1.54, 1.807) is 32.2 Å². The zero-order chi connectivity index (χ0) is 25.4. The molecule has 0 fully saturated rings. The Morgan fingerprint density at radius 3 is 2.09 bits per heavy atom. The Morgan fingerprint density at radius 1 is 0.914 bits per heavy atom. The van der Waals surface area contributed by atoms with E-state index in [2.05, 4.69) is 6.92 Å². The van der Waals surface area contributed by atoms with E-state index in [1.807, 2.05) is 53.7 Å². The molecule has 1 aromatic carbocycles. The van der Waals surface area contributed by atoms with E-state index in [9.17, 15) is 14.7 Å². The monoisotopic (exact) mass is 477 g/mol. The number of methoxy groups -OCH3 is 2. The van der Waals surface area contributed by atoms with Gasteiger partial charge in [-0.05, 0) is 43.8 Å². The third-order valence-corrected chi connectivity index (χ3v) is 6.48. The number of ether oxygens (including phenoxy) is 2. The first kappa shape index (κ1) is 24.3. The second-order valence-corrected chi connectivity index (χ2v) is 8.87. The van der Waals surface area contributed by atoms with Crippen molar-refractivity contribution in [2.45, 2.75) is 13.3 Å². The maximum absolute atomic E-state index is 13.8. The second kappa shape index (κ2) is 9.46. The Balaban J connectivity index is 2.11. The van der Waals surface area contributed by atoms with E-state index in [4.69, 9.17) is 9.47 Å². The number of benzene rings is 1. The van der Waals surface area contributed by atoms with Gasteiger partial charge in [-0.2, -0.15) is 0 Å². The average Bonchev–Trinajstić information content (AvgIpc) is 3.36. The van der Waals surface area contributed by atoms with Crippen LogP contribution in [0.3, 0.4) is 0 Å². The van der Waals surface area contributed by atoms with Crippen LogP contribution in [-0.2, 0) is 6.42 Å². The standard InChI is InChI=1S/C27H31N3O5/c1-7-19-20-14-18(35-6)15-21-23(27(32)33)24(26(31)29(4)13-12-28(2)3)25(30(20)21)22(19)16-8-10-17(34-5)11-9-16/h8-11,14-15H,7,12-13H2,1-6H3,(H,32,33). The molecule has 1 N–H and O–H groups in total. The fourth-order valence-electron chi connectivity index (χ4n) is 4.69. The second-order valence-electron chi connectivity index (χ2n) is 8.87. The maximum Gasteiger partial charge on any atom is 0.338 e. The van der Waals surface area contributed by atoms with E-state index in [1.165, 1.54) is 0 Å². The lowest BCUT2D eigenvalue weighted by molar-refractivity contribution is 0.0684. The summed E-state index contributed by atoms with van der Waals surface area (Å²) in [5.74, 6) is -0.209. The van der Waals surface area contributed by atoms with Crippen molar-refractivity contribution in [3.63, 3.8) is 0 Å². The molecule has 4 rings (SSSR count). The minimum atomic E-state index is -1.15. The summed E-state index contributed by atoms with van der Waals surface area (Å²) in [5.41, 5.74) is 4.84. The molecule has 35 heavy (non-hydrogen) atoms. The van der Waals surface area contributed by atoms with Gasteiger partial charge in [0.2, 0.25) is 0 Å². The van der Waals surface area contributed by atoms with Gasteiger partial charge in [0, 0.05) is 37.8 Å². The molecule has 0 unspecified atom stereocenters. The van der Waals surface area contributed by atoms with Gasteiger partial charge < -0.3 is 28.8 Å². The fourth-order valence-corrected chi connectivity index (χ4v) is 4.69. The number of amides is 1. The van der Waals surface area contributed by atoms with Crippen LogP contribution < -0.4 is 9.47 Å². The highest BCUT2D eigenvalue weighted by atomic mass is 16.5. The Morgan fingerprint density at radius 2 is 1.54 bits per heavy atom. The van der Waals surface area contributed by atoms with E-state index >= 15 is 0 Å². The normalized spacial score (nSPS) is 11.5. The summed E-state index contributed by atoms with van der Waals surface area (Å²) in [5, 5.41) is 10.3. The third kappa shape index (κ3) is 4.04. The predicted molar refractivity (Wildman–Crippen MR) is 136 cm³/mol. The first-order valence-electron chi connectivity index (χ1n) is 11.5. The summed E-state index contributed by atoms with van der Waals surface area (Å²) in [4.78, 5) is 30.0. The summed E-state index contributed by atoms with van der Waals surface area (Å²) in [6, 6.07) is 11.2. The molecule has 8 nitrogen and oxygen atoms in total. The third-order valence-electron chi connectivity index (χ3n) is 6.48. The number of carbonyl (C=O) groups excluding carboxylic acids is 1. The molecule has 0 aliphatic heterocycles. The van der Waals surface area contributed by atoms with Crippen LogP contribution in [0.4, 0.5) is 0 Å². The number of aromatic nitrogens is 1. The molecule has 0 bridgehead atoms. The van der Waals surface area contributed by atoms with E-state index < -0.39 is 5.97 Å². The minimum absolute atomic E-state index is 0.0111. The molecule has 0 aliphatic carbocycles. The van der Waals surface area contributed by atoms with Crippen LogP contribution in [0.5, 0.6) is 11.5 Å². The Labute approximate surface area is 204 Å². The zero-order valence-electron chi connectivity index (χ0n) is 21.0. The SMILES string of the molecule is CCc1c(-c2ccc(OC)cc2)c2c(C(=O)N(C)CCN(C)C)c(C(=O)O)c3cc(OC)cc1n32. The van der Waals surface area contributed by atoms with Gasteiger partial charge in [-0.3, -0.25) is 4.79 Å². The van der Waals surface area contributed by atoms with E-state index in [0.717, 1.165) is 28.0 Å². The molecule has 0 spiro atoms. The highest BCUT2D eigenvalue weighted by molar-refractivity contribution is 6.19. The van der Waals surface area contributed by atoms with Crippen molar-refractivity contribution in [3.05, 3.63) is 53.1 Å². The highest BCUT2D eigenvalue weighted by Gasteiger charge is 2.33. The number of hydrogen-bond donors (Lipinski definition) is 1. The predicted octanol–water partition coefficient (Wildman–Crippen LogP) is 4.11. The lowest BCUT2D eigenvalue weighted by Crippen LogP contribution is -2.34. The number of aromatic carboxylic acids is 1. The number of aryl methyl sites for hydroxylation is 1. The minimum Gasteiger partial charge on any atom is -0.497 e. The number of rotatable bonds is 9. The number of carboxylic acid groups (broad SMARTS) is 1. The quantitative estimate of drug-likeness (QED) is 0.391. The van der Waals surface area contributed by atoms with Crippen molar-refractivity contribution in [2.24, 2.45) is 0 Å². The van der Waals surface area contributed by atoms with Crippen molar-refractivity contribution in [1.29, 1.82) is 0 Å². The van der Waals surface area contributed by atoms with Gasteiger partial charge in [-0.15, -0.1) is 0 Å². The van der Waals surface area contributed by atoms with Gasteiger partial charge in [0.25, 0.3) is 5.91 Å². The van der Waals surface area contributed by atoms with Crippen molar-refractivity contribution in [1.82, 2.24) is 14.2 Å². The summed E-state index contributed by atoms with van der Waals surface area (Å²) in [7, 11) is 8.74. The number of likely N-dealkylation sites (N-methyl/N-ethyl adjacent to an activating group) is 2. The number of carboxylic acids is 1. The smallest absolute Gasteiger partial charge is 0.338 e. The average molecular weight is 478 g/mol. The van der Waals surface area contributed by atoms with E-state index in [-0.39, 0.29) is 17.0 Å². The molecule has 0 aliphatic rings. The highest BCUT2D eigenvalue weighted by Crippen LogP contribution is 2.43. The number of carbonyl (C=O) groups is 2. The molecular formula is C27H31N3O5. The molecule has 8 heteroatoms. The Hall–Kier alpha value is -3.78. The topological polar surface area (TPSA) is 83.7 Å². The van der Waals surface area contributed by atoms with Crippen molar-refractivity contribution in [2.75, 3.05) is 48.5 Å². The first-order chi connectivity index (χ1) is 16.7. The van der Waals surface area contributed by atoms with Crippen LogP contribution >= 0.6 is 0 Å². The van der Waals surface area contributed by atoms with Crippen LogP contribution in [0.15, 0.2) is 36.4 Å². The van der Waals surface area contributed by atoms with Crippen LogP contribution in [0, 0.1) is 0 Å². The van der Waals surface area contributed by atoms with Crippen LogP contribution in [-0.4, -0.2) is 79.6 Å². The van der Waals surface area contributed by atoms with Crippen LogP contribution in [0.2, 0.25) is 0 Å². The molecule has 0 saturated carbocycles. The molecule has 0 saturated heterocycles. The van der Waals surface area contributed by atoms with Crippen LogP contribution in [0.25, 0.3) is 27.7 Å². The van der Waals surface area contributed by atoms with Crippen LogP contribution in [0.1, 0.15) is 33.2 Å². The van der Waals surface area contributed by atoms with Gasteiger partial charge in [0.15, 0.2) is 0 Å². The largest absolute Gasteiger partial charge is 0.497 e. The van der Waals surface area contributed by atoms with E-state index in [0.29, 0.717) is 36.3 Å². The summed E-state index contributed by atoms with van der Waals surface area (Å²) in [6.07, 6.45) is 0.692. The zero-order valence-corrected chi connectivity index (χ0v) is 21.0. The van der Waals surface area contributed by atoms with Crippen molar-refractivity contribution in [3.8, 4) is 22.6 Å². The van der Waals surface area contributed by atoms with Gasteiger partial charge in [-0.25, -0.2) is 4.79 Å². The molecular weight excluding hydrogens is 446 g/mol. The van der Waals surface area contributed by atoms with Gasteiger partial charge >= 0.3 is 5.97 Å². The molecule has 0 atom stereocenters. The Kier molecular flexibility index (Phi) is 6.58. The van der Waals surface area contributed by atoms with Gasteiger partial charge in [0.05, 0.1) is 41.9 Å². The molecule has 1 amide bonds. The molecule has 3 aromatic heterocycles. The number of nitrogens with zero attached hydrogens (tertiary/aromatic N) is 3. The molecule has 0 radical (unpaired) electrons. The molecule has 184 valence electrons. The number of hydrogen-bond acceptors (Lipinski definition) is 5. The fraction of sp³-hybridized carbons (Fsp3) is 0.333. The maximum atomic E-state index is 13.8. The van der Waals surface area contributed by atoms with Crippen molar-refractivity contribution < 1.29 is 24.2 Å². The summed E-state index contributed by atoms with van der Waals surface area (Å²) < 4.78 is 12.8. The molecule has 3 heterocycles. The van der Waals surface area contributed by atoms with Gasteiger partial charge in [-0.1, -0.05) is 19.1 Å². The van der Waals surface area contributed by atoms with Gasteiger partial charge in [0.1, 0.15) is 11.5 Å². The first-order valence-corrected chi connectivity index (χ1v) is 11.5. The lowest BCUT2D eigenvalue weighted by atomic mass is 9.96. The summed E-state index contributed by atoms with van der Waals surface area (Å²) >= 11 is 0. The Bertz CT molecular complexity index is 1390. The molecule has 4 aromatic rings. The van der Waals surface area contributed by atoms with Crippen molar-refractivity contribution >= 4 is 28.4 Å².